The van der Waals surface area contributed by atoms with Crippen LogP contribution in [0.3, 0.4) is 0 Å². The van der Waals surface area contributed by atoms with Gasteiger partial charge in [0.25, 0.3) is 5.91 Å². The molecule has 1 aliphatic heterocycles. The van der Waals surface area contributed by atoms with Gasteiger partial charge >= 0.3 is 0 Å². The molecular formula is C25H28N6O. The van der Waals surface area contributed by atoms with E-state index in [1.165, 1.54) is 5.56 Å². The number of nitrogens with zero attached hydrogens (tertiary/aromatic N) is 6. The number of pyridine rings is 1. The number of fused-ring (bicyclic) bond motifs is 1. The summed E-state index contributed by atoms with van der Waals surface area (Å²) >= 11 is 0. The first-order valence-electron chi connectivity index (χ1n) is 11.2. The van der Waals surface area contributed by atoms with Crippen LogP contribution in [-0.2, 0) is 6.54 Å². The zero-order valence-corrected chi connectivity index (χ0v) is 18.6. The van der Waals surface area contributed by atoms with E-state index in [-0.39, 0.29) is 5.91 Å². The molecule has 7 nitrogen and oxygen atoms in total. The largest absolute Gasteiger partial charge is 0.335 e. The van der Waals surface area contributed by atoms with E-state index in [4.69, 9.17) is 4.98 Å². The summed E-state index contributed by atoms with van der Waals surface area (Å²) in [6.07, 6.45) is 5.75. The Labute approximate surface area is 187 Å². The maximum Gasteiger partial charge on any atom is 0.274 e. The van der Waals surface area contributed by atoms with Gasteiger partial charge in [-0.15, -0.1) is 0 Å². The van der Waals surface area contributed by atoms with E-state index >= 15 is 0 Å². The lowest BCUT2D eigenvalue weighted by Crippen LogP contribution is -2.50. The van der Waals surface area contributed by atoms with E-state index in [0.717, 1.165) is 43.9 Å². The summed E-state index contributed by atoms with van der Waals surface area (Å²) in [4.78, 5) is 27.1. The zero-order valence-electron chi connectivity index (χ0n) is 18.6. The number of piperazine rings is 1. The highest BCUT2D eigenvalue weighted by atomic mass is 16.2. The molecule has 0 aliphatic carbocycles. The van der Waals surface area contributed by atoms with Crippen molar-refractivity contribution < 1.29 is 4.79 Å². The molecule has 5 rings (SSSR count). The van der Waals surface area contributed by atoms with Gasteiger partial charge in [-0.1, -0.05) is 36.4 Å². The minimum absolute atomic E-state index is 0.00734. The van der Waals surface area contributed by atoms with Crippen molar-refractivity contribution >= 4 is 11.4 Å². The number of hydrogen-bond donors (Lipinski definition) is 0. The predicted octanol–water partition coefficient (Wildman–Crippen LogP) is 3.41. The van der Waals surface area contributed by atoms with Crippen LogP contribution in [0.1, 0.15) is 29.9 Å². The van der Waals surface area contributed by atoms with Crippen molar-refractivity contribution in [3.63, 3.8) is 0 Å². The summed E-state index contributed by atoms with van der Waals surface area (Å²) in [6, 6.07) is 16.6. The number of benzene rings is 1. The van der Waals surface area contributed by atoms with Gasteiger partial charge in [-0.2, -0.15) is 0 Å². The Morgan fingerprint density at radius 3 is 2.50 bits per heavy atom. The van der Waals surface area contributed by atoms with E-state index < -0.39 is 0 Å². The Kier molecular flexibility index (Phi) is 5.49. The molecule has 0 radical (unpaired) electrons. The zero-order chi connectivity index (χ0) is 22.1. The molecular weight excluding hydrogens is 400 g/mol. The lowest BCUT2D eigenvalue weighted by molar-refractivity contribution is 0.0592. The highest BCUT2D eigenvalue weighted by molar-refractivity contribution is 6.00. The highest BCUT2D eigenvalue weighted by Crippen LogP contribution is 2.23. The van der Waals surface area contributed by atoms with Crippen LogP contribution in [0.25, 0.3) is 17.0 Å². The molecule has 0 saturated carbocycles. The third-order valence-electron chi connectivity index (χ3n) is 6.15. The average Bonchev–Trinajstić information content (AvgIpc) is 3.44. The molecule has 32 heavy (non-hydrogen) atoms. The van der Waals surface area contributed by atoms with Crippen molar-refractivity contribution in [3.05, 3.63) is 78.5 Å². The number of hydrogen-bond acceptors (Lipinski definition) is 4. The van der Waals surface area contributed by atoms with Gasteiger partial charge in [-0.05, 0) is 31.5 Å². The first-order valence-corrected chi connectivity index (χ1v) is 11.2. The van der Waals surface area contributed by atoms with Crippen molar-refractivity contribution in [2.24, 2.45) is 0 Å². The fourth-order valence-corrected chi connectivity index (χ4v) is 4.32. The van der Waals surface area contributed by atoms with E-state index in [1.807, 2.05) is 69.0 Å². The van der Waals surface area contributed by atoms with Crippen LogP contribution in [0.4, 0.5) is 0 Å². The highest BCUT2D eigenvalue weighted by Gasteiger charge is 2.27. The van der Waals surface area contributed by atoms with Crippen LogP contribution < -0.4 is 0 Å². The quantitative estimate of drug-likeness (QED) is 0.489. The maximum atomic E-state index is 13.4. The minimum Gasteiger partial charge on any atom is -0.335 e. The number of rotatable bonds is 5. The molecule has 4 heterocycles. The molecule has 1 amide bonds. The van der Waals surface area contributed by atoms with E-state index in [2.05, 4.69) is 35.9 Å². The molecule has 0 atom stereocenters. The number of carbonyl (C=O) groups excluding carboxylic acids is 1. The van der Waals surface area contributed by atoms with Crippen LogP contribution in [0.2, 0.25) is 0 Å². The molecule has 0 unspecified atom stereocenters. The second-order valence-electron chi connectivity index (χ2n) is 8.58. The van der Waals surface area contributed by atoms with Gasteiger partial charge in [0.15, 0.2) is 11.5 Å². The maximum absolute atomic E-state index is 13.4. The van der Waals surface area contributed by atoms with Gasteiger partial charge in [0, 0.05) is 51.2 Å². The van der Waals surface area contributed by atoms with Gasteiger partial charge < -0.3 is 9.47 Å². The SMILES string of the molecule is CC(C)N1CCN(C(=O)c2nc(-c3cn(Cc4ccccc4)cn3)n3ccccc23)CC1. The predicted molar refractivity (Wildman–Crippen MR) is 125 cm³/mol. The first-order chi connectivity index (χ1) is 15.6. The smallest absolute Gasteiger partial charge is 0.274 e. The van der Waals surface area contributed by atoms with Gasteiger partial charge in [0.05, 0.1) is 11.8 Å². The van der Waals surface area contributed by atoms with Crippen LogP contribution >= 0.6 is 0 Å². The van der Waals surface area contributed by atoms with Crippen LogP contribution in [0, 0.1) is 0 Å². The summed E-state index contributed by atoms with van der Waals surface area (Å²) in [5.74, 6) is 0.684. The van der Waals surface area contributed by atoms with Crippen LogP contribution in [-0.4, -0.2) is 66.9 Å². The normalized spacial score (nSPS) is 15.0. The Morgan fingerprint density at radius 1 is 1.00 bits per heavy atom. The fourth-order valence-electron chi connectivity index (χ4n) is 4.32. The topological polar surface area (TPSA) is 58.7 Å². The van der Waals surface area contributed by atoms with Gasteiger partial charge in [0.1, 0.15) is 5.69 Å². The van der Waals surface area contributed by atoms with E-state index in [9.17, 15) is 4.79 Å². The standard InChI is InChI=1S/C25H28N6O/c1-19(2)29-12-14-30(15-13-29)25(32)23-22-10-6-7-11-31(22)24(27-23)21-17-28(18-26-21)16-20-8-4-3-5-9-20/h3-11,17-19H,12-16H2,1-2H3. The lowest BCUT2D eigenvalue weighted by Gasteiger charge is -2.36. The van der Waals surface area contributed by atoms with Crippen molar-refractivity contribution in [2.75, 3.05) is 26.2 Å². The summed E-state index contributed by atoms with van der Waals surface area (Å²) in [5, 5.41) is 0. The van der Waals surface area contributed by atoms with Crippen LogP contribution in [0.15, 0.2) is 67.3 Å². The van der Waals surface area contributed by atoms with Crippen LogP contribution in [0.5, 0.6) is 0 Å². The van der Waals surface area contributed by atoms with Crippen molar-refractivity contribution in [2.45, 2.75) is 26.4 Å². The summed E-state index contributed by atoms with van der Waals surface area (Å²) < 4.78 is 4.01. The summed E-state index contributed by atoms with van der Waals surface area (Å²) in [6.45, 7) is 8.38. The second kappa shape index (κ2) is 8.59. The number of aromatic nitrogens is 4. The molecule has 1 saturated heterocycles. The lowest BCUT2D eigenvalue weighted by atomic mass is 10.2. The molecule has 0 spiro atoms. The molecule has 1 fully saturated rings. The van der Waals surface area contributed by atoms with Crippen molar-refractivity contribution in [1.82, 2.24) is 28.7 Å². The molecule has 4 aromatic rings. The van der Waals surface area contributed by atoms with Crippen molar-refractivity contribution in [3.8, 4) is 11.5 Å². The molecule has 0 N–H and O–H groups in total. The van der Waals surface area contributed by atoms with Gasteiger partial charge in [0.2, 0.25) is 0 Å². The first kappa shape index (κ1) is 20.5. The van der Waals surface area contributed by atoms with Gasteiger partial charge in [-0.3, -0.25) is 14.1 Å². The molecule has 1 aliphatic rings. The van der Waals surface area contributed by atoms with Gasteiger partial charge in [-0.25, -0.2) is 9.97 Å². The molecule has 0 bridgehead atoms. The van der Waals surface area contributed by atoms with Crippen molar-refractivity contribution in [1.29, 1.82) is 0 Å². The Morgan fingerprint density at radius 2 is 1.75 bits per heavy atom. The summed E-state index contributed by atoms with van der Waals surface area (Å²) in [7, 11) is 0. The fraction of sp³-hybridized carbons (Fsp3) is 0.320. The Bertz CT molecular complexity index is 1220. The molecule has 3 aromatic heterocycles. The number of amides is 1. The minimum atomic E-state index is -0.00734. The molecule has 164 valence electrons. The number of carbonyl (C=O) groups is 1. The Balaban J connectivity index is 1.43. The second-order valence-corrected chi connectivity index (χ2v) is 8.58. The third kappa shape index (κ3) is 3.91. The van der Waals surface area contributed by atoms with E-state index in [0.29, 0.717) is 17.6 Å². The summed E-state index contributed by atoms with van der Waals surface area (Å²) in [5.41, 5.74) is 3.28. The number of imidazole rings is 2. The molecule has 7 heteroatoms. The third-order valence-corrected chi connectivity index (χ3v) is 6.15. The molecule has 1 aromatic carbocycles. The Hall–Kier alpha value is -3.45. The monoisotopic (exact) mass is 428 g/mol. The van der Waals surface area contributed by atoms with E-state index in [1.54, 1.807) is 0 Å². The average molecular weight is 429 g/mol.